The Hall–Kier alpha value is -1.67. The van der Waals surface area contributed by atoms with E-state index in [4.69, 9.17) is 10.9 Å². The zero-order valence-corrected chi connectivity index (χ0v) is 11.2. The van der Waals surface area contributed by atoms with Crippen LogP contribution < -0.4 is 5.73 Å². The van der Waals surface area contributed by atoms with Crippen molar-refractivity contribution in [3.8, 4) is 0 Å². The Bertz CT molecular complexity index is 569. The van der Waals surface area contributed by atoms with Gasteiger partial charge in [0.2, 0.25) is 0 Å². The Balaban J connectivity index is 2.19. The van der Waals surface area contributed by atoms with Crippen molar-refractivity contribution in [2.24, 2.45) is 10.9 Å². The van der Waals surface area contributed by atoms with Crippen molar-refractivity contribution in [3.05, 3.63) is 29.8 Å². The van der Waals surface area contributed by atoms with Crippen molar-refractivity contribution in [3.63, 3.8) is 0 Å². The third-order valence-electron chi connectivity index (χ3n) is 2.07. The smallest absolute Gasteiger partial charge is 0.188 e. The quantitative estimate of drug-likeness (QED) is 0.383. The van der Waals surface area contributed by atoms with Crippen molar-refractivity contribution in [2.75, 3.05) is 0 Å². The van der Waals surface area contributed by atoms with Crippen LogP contribution in [0.2, 0.25) is 0 Å². The van der Waals surface area contributed by atoms with Gasteiger partial charge < -0.3 is 10.9 Å². The summed E-state index contributed by atoms with van der Waals surface area (Å²) < 4.78 is 5.07. The SMILES string of the molecule is CCc1nsc(Sc2ccnc(C(N)=NO)c2)n1. The molecule has 0 atom stereocenters. The highest BCUT2D eigenvalue weighted by Gasteiger charge is 2.07. The maximum Gasteiger partial charge on any atom is 0.188 e. The third-order valence-corrected chi connectivity index (χ3v) is 3.85. The molecular weight excluding hydrogens is 270 g/mol. The van der Waals surface area contributed by atoms with Crippen molar-refractivity contribution in [2.45, 2.75) is 22.6 Å². The zero-order chi connectivity index (χ0) is 13.0. The van der Waals surface area contributed by atoms with Crippen molar-refractivity contribution in [1.29, 1.82) is 0 Å². The van der Waals surface area contributed by atoms with Crippen LogP contribution in [0.4, 0.5) is 0 Å². The second-order valence-corrected chi connectivity index (χ2v) is 5.37. The van der Waals surface area contributed by atoms with Crippen LogP contribution >= 0.6 is 23.3 Å². The van der Waals surface area contributed by atoms with Crippen LogP contribution in [0.5, 0.6) is 0 Å². The van der Waals surface area contributed by atoms with E-state index in [1.54, 1.807) is 12.3 Å². The molecule has 0 unspecified atom stereocenters. The van der Waals surface area contributed by atoms with E-state index >= 15 is 0 Å². The van der Waals surface area contributed by atoms with Crippen LogP contribution in [0.25, 0.3) is 0 Å². The molecule has 0 aliphatic heterocycles. The van der Waals surface area contributed by atoms with E-state index in [0.29, 0.717) is 5.69 Å². The number of nitrogens with zero attached hydrogens (tertiary/aromatic N) is 4. The fraction of sp³-hybridized carbons (Fsp3) is 0.200. The molecule has 0 aliphatic rings. The molecule has 2 heterocycles. The minimum Gasteiger partial charge on any atom is -0.409 e. The normalized spacial score (nSPS) is 11.7. The van der Waals surface area contributed by atoms with Crippen molar-refractivity contribution in [1.82, 2.24) is 14.3 Å². The fourth-order valence-electron chi connectivity index (χ4n) is 1.19. The van der Waals surface area contributed by atoms with Gasteiger partial charge in [-0.05, 0) is 23.7 Å². The van der Waals surface area contributed by atoms with E-state index in [9.17, 15) is 0 Å². The second kappa shape index (κ2) is 5.78. The minimum absolute atomic E-state index is 0.0102. The second-order valence-electron chi connectivity index (χ2n) is 3.29. The lowest BCUT2D eigenvalue weighted by atomic mass is 10.3. The molecule has 8 heteroatoms. The molecule has 0 amide bonds. The van der Waals surface area contributed by atoms with Crippen LogP contribution in [0.15, 0.2) is 32.7 Å². The summed E-state index contributed by atoms with van der Waals surface area (Å²) in [5.74, 6) is 0.831. The van der Waals surface area contributed by atoms with E-state index in [1.807, 2.05) is 13.0 Å². The molecule has 2 rings (SSSR count). The number of hydrogen-bond donors (Lipinski definition) is 2. The molecule has 94 valence electrons. The number of nitrogens with two attached hydrogens (primary N) is 1. The number of amidine groups is 1. The lowest BCUT2D eigenvalue weighted by Gasteiger charge is -2.00. The molecule has 0 aromatic carbocycles. The summed E-state index contributed by atoms with van der Waals surface area (Å²) in [7, 11) is 0. The van der Waals surface area contributed by atoms with E-state index in [-0.39, 0.29) is 5.84 Å². The van der Waals surface area contributed by atoms with E-state index in [0.717, 1.165) is 21.5 Å². The van der Waals surface area contributed by atoms with Crippen LogP contribution in [-0.2, 0) is 6.42 Å². The Morgan fingerprint density at radius 1 is 1.61 bits per heavy atom. The Kier molecular flexibility index (Phi) is 4.11. The maximum atomic E-state index is 8.60. The Morgan fingerprint density at radius 3 is 3.11 bits per heavy atom. The van der Waals surface area contributed by atoms with Gasteiger partial charge in [-0.1, -0.05) is 23.8 Å². The van der Waals surface area contributed by atoms with Gasteiger partial charge in [0, 0.05) is 17.5 Å². The standard InChI is InChI=1S/C10H11N5OS2/c1-2-8-13-10(18-15-8)17-6-3-4-12-7(5-6)9(11)14-16/h3-5,16H,2H2,1H3,(H2,11,14). The molecular formula is C10H11N5OS2. The van der Waals surface area contributed by atoms with Crippen LogP contribution in [0.1, 0.15) is 18.4 Å². The van der Waals surface area contributed by atoms with Crippen LogP contribution in [0, 0.1) is 0 Å². The topological polar surface area (TPSA) is 97.3 Å². The van der Waals surface area contributed by atoms with Crippen molar-refractivity contribution >= 4 is 29.1 Å². The van der Waals surface area contributed by atoms with Gasteiger partial charge in [0.05, 0.1) is 0 Å². The summed E-state index contributed by atoms with van der Waals surface area (Å²) in [6.07, 6.45) is 2.43. The number of aryl methyl sites for hydroxylation is 1. The number of aromatic nitrogens is 3. The molecule has 2 aromatic rings. The maximum absolute atomic E-state index is 8.60. The zero-order valence-electron chi connectivity index (χ0n) is 9.57. The first-order chi connectivity index (χ1) is 8.72. The largest absolute Gasteiger partial charge is 0.409 e. The van der Waals surface area contributed by atoms with Gasteiger partial charge in [0.25, 0.3) is 0 Å². The van der Waals surface area contributed by atoms with Crippen molar-refractivity contribution < 1.29 is 5.21 Å². The number of hydrogen-bond acceptors (Lipinski definition) is 7. The summed E-state index contributed by atoms with van der Waals surface area (Å²) in [5.41, 5.74) is 5.92. The Labute approximate surface area is 112 Å². The van der Waals surface area contributed by atoms with E-state index in [2.05, 4.69) is 19.5 Å². The molecule has 3 N–H and O–H groups in total. The highest BCUT2D eigenvalue weighted by molar-refractivity contribution is 8.01. The highest BCUT2D eigenvalue weighted by atomic mass is 32.2. The molecule has 0 spiro atoms. The van der Waals surface area contributed by atoms with E-state index < -0.39 is 0 Å². The molecule has 0 bridgehead atoms. The summed E-state index contributed by atoms with van der Waals surface area (Å²) >= 11 is 2.84. The fourth-order valence-corrected chi connectivity index (χ4v) is 2.89. The molecule has 0 fully saturated rings. The number of rotatable bonds is 4. The lowest BCUT2D eigenvalue weighted by Crippen LogP contribution is -2.14. The molecule has 6 nitrogen and oxygen atoms in total. The predicted octanol–water partition coefficient (Wildman–Crippen LogP) is 1.74. The van der Waals surface area contributed by atoms with Gasteiger partial charge in [0.1, 0.15) is 11.5 Å². The first-order valence-electron chi connectivity index (χ1n) is 5.17. The predicted molar refractivity (Wildman–Crippen MR) is 70.2 cm³/mol. The highest BCUT2D eigenvalue weighted by Crippen LogP contribution is 2.28. The summed E-state index contributed by atoms with van der Waals surface area (Å²) in [5, 5.41) is 11.5. The van der Waals surface area contributed by atoms with Crippen LogP contribution in [-0.4, -0.2) is 25.4 Å². The average Bonchev–Trinajstić information content (AvgIpc) is 2.86. The molecule has 0 aliphatic carbocycles. The first kappa shape index (κ1) is 12.8. The van der Waals surface area contributed by atoms with Crippen LogP contribution in [0.3, 0.4) is 0 Å². The number of oxime groups is 1. The Morgan fingerprint density at radius 2 is 2.44 bits per heavy atom. The summed E-state index contributed by atoms with van der Waals surface area (Å²) in [6, 6.07) is 3.58. The lowest BCUT2D eigenvalue weighted by molar-refractivity contribution is 0.318. The average molecular weight is 281 g/mol. The monoisotopic (exact) mass is 281 g/mol. The van der Waals surface area contributed by atoms with Gasteiger partial charge >= 0.3 is 0 Å². The molecule has 0 saturated carbocycles. The van der Waals surface area contributed by atoms with Gasteiger partial charge in [-0.3, -0.25) is 4.98 Å². The summed E-state index contributed by atoms with van der Waals surface area (Å²) in [4.78, 5) is 9.29. The van der Waals surface area contributed by atoms with Gasteiger partial charge in [0.15, 0.2) is 10.2 Å². The first-order valence-corrected chi connectivity index (χ1v) is 6.76. The number of pyridine rings is 1. The van der Waals surface area contributed by atoms with Gasteiger partial charge in [-0.15, -0.1) is 0 Å². The van der Waals surface area contributed by atoms with Gasteiger partial charge in [-0.2, -0.15) is 4.37 Å². The van der Waals surface area contributed by atoms with Gasteiger partial charge in [-0.25, -0.2) is 4.98 Å². The third kappa shape index (κ3) is 2.96. The van der Waals surface area contributed by atoms with E-state index in [1.165, 1.54) is 23.3 Å². The molecule has 18 heavy (non-hydrogen) atoms. The molecule has 2 aromatic heterocycles. The summed E-state index contributed by atoms with van der Waals surface area (Å²) in [6.45, 7) is 2.01. The minimum atomic E-state index is -0.0102. The molecule has 0 saturated heterocycles. The molecule has 0 radical (unpaired) electrons.